The summed E-state index contributed by atoms with van der Waals surface area (Å²) in [5, 5.41) is 3.41. The fourth-order valence-electron chi connectivity index (χ4n) is 1.63. The van der Waals surface area contributed by atoms with E-state index in [4.69, 9.17) is 4.74 Å². The van der Waals surface area contributed by atoms with E-state index in [0.717, 1.165) is 36.5 Å². The summed E-state index contributed by atoms with van der Waals surface area (Å²) in [7, 11) is 0. The fraction of sp³-hybridized carbons (Fsp3) is 0.600. The SMILES string of the molecule is CC1(Nc2cnc(Br)cn2)CCOCC1. The van der Waals surface area contributed by atoms with E-state index in [1.54, 1.807) is 12.4 Å². The second kappa shape index (κ2) is 4.45. The number of anilines is 1. The van der Waals surface area contributed by atoms with E-state index >= 15 is 0 Å². The van der Waals surface area contributed by atoms with Crippen LogP contribution in [0.3, 0.4) is 0 Å². The molecule has 2 rings (SSSR count). The lowest BCUT2D eigenvalue weighted by atomic mass is 9.93. The van der Waals surface area contributed by atoms with Gasteiger partial charge in [-0.2, -0.15) is 0 Å². The highest BCUT2D eigenvalue weighted by Gasteiger charge is 2.27. The van der Waals surface area contributed by atoms with Crippen LogP contribution < -0.4 is 5.32 Å². The van der Waals surface area contributed by atoms with Gasteiger partial charge in [0.15, 0.2) is 0 Å². The van der Waals surface area contributed by atoms with Crippen LogP contribution in [0, 0.1) is 0 Å². The average molecular weight is 272 g/mol. The van der Waals surface area contributed by atoms with Crippen molar-refractivity contribution >= 4 is 21.7 Å². The molecule has 0 amide bonds. The summed E-state index contributed by atoms with van der Waals surface area (Å²) >= 11 is 3.26. The zero-order chi connectivity index (χ0) is 10.7. The van der Waals surface area contributed by atoms with Gasteiger partial charge in [-0.1, -0.05) is 0 Å². The number of aromatic nitrogens is 2. The quantitative estimate of drug-likeness (QED) is 0.896. The van der Waals surface area contributed by atoms with E-state index in [1.165, 1.54) is 0 Å². The molecule has 1 aliphatic heterocycles. The maximum atomic E-state index is 5.34. The Hall–Kier alpha value is -0.680. The molecule has 1 fully saturated rings. The monoisotopic (exact) mass is 271 g/mol. The van der Waals surface area contributed by atoms with Gasteiger partial charge < -0.3 is 10.1 Å². The first-order valence-electron chi connectivity index (χ1n) is 5.01. The molecular formula is C10H14BrN3O. The van der Waals surface area contributed by atoms with Crippen LogP contribution in [0.1, 0.15) is 19.8 Å². The van der Waals surface area contributed by atoms with Gasteiger partial charge in [-0.3, -0.25) is 0 Å². The number of hydrogen-bond donors (Lipinski definition) is 1. The van der Waals surface area contributed by atoms with Gasteiger partial charge in [0.2, 0.25) is 0 Å². The Kier molecular flexibility index (Phi) is 3.21. The third kappa shape index (κ3) is 2.89. The van der Waals surface area contributed by atoms with Gasteiger partial charge in [0.05, 0.1) is 12.4 Å². The lowest BCUT2D eigenvalue weighted by Crippen LogP contribution is -2.40. The van der Waals surface area contributed by atoms with Crippen LogP contribution in [0.5, 0.6) is 0 Å². The zero-order valence-corrected chi connectivity index (χ0v) is 10.2. The first-order valence-corrected chi connectivity index (χ1v) is 5.81. The Morgan fingerprint density at radius 2 is 2.07 bits per heavy atom. The molecule has 4 nitrogen and oxygen atoms in total. The Labute approximate surface area is 97.6 Å². The molecule has 15 heavy (non-hydrogen) atoms. The molecule has 1 aliphatic rings. The Bertz CT molecular complexity index is 322. The van der Waals surface area contributed by atoms with Crippen molar-refractivity contribution in [2.24, 2.45) is 0 Å². The van der Waals surface area contributed by atoms with Gasteiger partial charge >= 0.3 is 0 Å². The van der Waals surface area contributed by atoms with Gasteiger partial charge in [0.25, 0.3) is 0 Å². The summed E-state index contributed by atoms with van der Waals surface area (Å²) < 4.78 is 6.09. The molecule has 1 aromatic rings. The van der Waals surface area contributed by atoms with E-state index in [9.17, 15) is 0 Å². The van der Waals surface area contributed by atoms with Gasteiger partial charge in [-0.15, -0.1) is 0 Å². The van der Waals surface area contributed by atoms with Crippen molar-refractivity contribution in [3.63, 3.8) is 0 Å². The van der Waals surface area contributed by atoms with E-state index in [2.05, 4.69) is 38.1 Å². The minimum absolute atomic E-state index is 0.0841. The number of halogens is 1. The third-order valence-corrected chi connectivity index (χ3v) is 3.06. The van der Waals surface area contributed by atoms with Crippen LogP contribution in [0.2, 0.25) is 0 Å². The Morgan fingerprint density at radius 3 is 2.67 bits per heavy atom. The standard InChI is InChI=1S/C10H14BrN3O/c1-10(2-4-15-5-3-10)14-9-7-12-8(11)6-13-9/h6-7H,2-5H2,1H3,(H,13,14). The fourth-order valence-corrected chi connectivity index (χ4v) is 1.84. The highest BCUT2D eigenvalue weighted by atomic mass is 79.9. The lowest BCUT2D eigenvalue weighted by Gasteiger charge is -2.34. The summed E-state index contributed by atoms with van der Waals surface area (Å²) in [5.74, 6) is 0.822. The first kappa shape index (κ1) is 10.8. The van der Waals surface area contributed by atoms with Crippen LogP contribution in [0.25, 0.3) is 0 Å². The summed E-state index contributed by atoms with van der Waals surface area (Å²) in [6.07, 6.45) is 5.45. The van der Waals surface area contributed by atoms with Gasteiger partial charge in [-0.05, 0) is 35.7 Å². The molecule has 0 bridgehead atoms. The van der Waals surface area contributed by atoms with Crippen LogP contribution in [0.4, 0.5) is 5.82 Å². The molecule has 0 atom stereocenters. The third-order valence-electron chi connectivity index (χ3n) is 2.65. The second-order valence-electron chi connectivity index (χ2n) is 4.02. The summed E-state index contributed by atoms with van der Waals surface area (Å²) in [5.41, 5.74) is 0.0841. The van der Waals surface area contributed by atoms with Crippen molar-refractivity contribution in [1.82, 2.24) is 9.97 Å². The molecule has 82 valence electrons. The average Bonchev–Trinajstić information content (AvgIpc) is 2.22. The van der Waals surface area contributed by atoms with Crippen LogP contribution in [-0.4, -0.2) is 28.7 Å². The van der Waals surface area contributed by atoms with Gasteiger partial charge in [-0.25, -0.2) is 9.97 Å². The van der Waals surface area contributed by atoms with E-state index in [1.807, 2.05) is 0 Å². The van der Waals surface area contributed by atoms with Crippen LogP contribution in [-0.2, 0) is 4.74 Å². The van der Waals surface area contributed by atoms with E-state index < -0.39 is 0 Å². The predicted octanol–water partition coefficient (Wildman–Crippen LogP) is 2.22. The molecule has 1 aromatic heterocycles. The predicted molar refractivity (Wildman–Crippen MR) is 61.8 cm³/mol. The highest BCUT2D eigenvalue weighted by Crippen LogP contribution is 2.24. The van der Waals surface area contributed by atoms with Crippen molar-refractivity contribution in [1.29, 1.82) is 0 Å². The van der Waals surface area contributed by atoms with Crippen molar-refractivity contribution < 1.29 is 4.74 Å². The molecule has 0 saturated carbocycles. The summed E-state index contributed by atoms with van der Waals surface area (Å²) in [6.45, 7) is 3.82. The minimum atomic E-state index is 0.0841. The minimum Gasteiger partial charge on any atom is -0.381 e. The van der Waals surface area contributed by atoms with Crippen LogP contribution >= 0.6 is 15.9 Å². The second-order valence-corrected chi connectivity index (χ2v) is 4.83. The van der Waals surface area contributed by atoms with Gasteiger partial charge in [0.1, 0.15) is 10.4 Å². The Morgan fingerprint density at radius 1 is 1.33 bits per heavy atom. The van der Waals surface area contributed by atoms with Crippen molar-refractivity contribution in [3.05, 3.63) is 17.0 Å². The van der Waals surface area contributed by atoms with Crippen molar-refractivity contribution in [3.8, 4) is 0 Å². The normalized spacial score (nSPS) is 19.9. The molecule has 0 spiro atoms. The number of ether oxygens (including phenoxy) is 1. The molecule has 2 heterocycles. The van der Waals surface area contributed by atoms with E-state index in [-0.39, 0.29) is 5.54 Å². The zero-order valence-electron chi connectivity index (χ0n) is 8.66. The smallest absolute Gasteiger partial charge is 0.144 e. The molecule has 1 N–H and O–H groups in total. The van der Waals surface area contributed by atoms with Gasteiger partial charge in [0, 0.05) is 18.8 Å². The van der Waals surface area contributed by atoms with Crippen LogP contribution in [0.15, 0.2) is 17.0 Å². The maximum absolute atomic E-state index is 5.34. The highest BCUT2D eigenvalue weighted by molar-refractivity contribution is 9.10. The van der Waals surface area contributed by atoms with Crippen molar-refractivity contribution in [2.75, 3.05) is 18.5 Å². The molecule has 5 heteroatoms. The van der Waals surface area contributed by atoms with Crippen molar-refractivity contribution in [2.45, 2.75) is 25.3 Å². The number of hydrogen-bond acceptors (Lipinski definition) is 4. The largest absolute Gasteiger partial charge is 0.381 e. The molecule has 0 radical (unpaired) electrons. The molecule has 0 aliphatic carbocycles. The topological polar surface area (TPSA) is 47.0 Å². The summed E-state index contributed by atoms with van der Waals surface area (Å²) in [4.78, 5) is 8.39. The molecule has 0 aromatic carbocycles. The lowest BCUT2D eigenvalue weighted by molar-refractivity contribution is 0.0657. The first-order chi connectivity index (χ1) is 7.18. The Balaban J connectivity index is 2.03. The molecular weight excluding hydrogens is 258 g/mol. The maximum Gasteiger partial charge on any atom is 0.144 e. The van der Waals surface area contributed by atoms with E-state index in [0.29, 0.717) is 0 Å². The number of nitrogens with zero attached hydrogens (tertiary/aromatic N) is 2. The number of nitrogens with one attached hydrogen (secondary N) is 1. The molecule has 1 saturated heterocycles. The number of rotatable bonds is 2. The molecule has 0 unspecified atom stereocenters. The summed E-state index contributed by atoms with van der Waals surface area (Å²) in [6, 6.07) is 0.